The zero-order valence-electron chi connectivity index (χ0n) is 11.9. The Morgan fingerprint density at radius 1 is 1.10 bits per heavy atom. The Hall–Kier alpha value is -2.05. The molecule has 0 aliphatic carbocycles. The molecule has 0 fully saturated rings. The van der Waals surface area contributed by atoms with Crippen LogP contribution in [0.3, 0.4) is 0 Å². The summed E-state index contributed by atoms with van der Waals surface area (Å²) < 4.78 is 5.82. The summed E-state index contributed by atoms with van der Waals surface area (Å²) in [7, 11) is 0. The fourth-order valence-corrected chi connectivity index (χ4v) is 2.01. The predicted molar refractivity (Wildman–Crippen MR) is 80.1 cm³/mol. The van der Waals surface area contributed by atoms with Crippen molar-refractivity contribution < 1.29 is 4.42 Å². The van der Waals surface area contributed by atoms with E-state index in [-0.39, 0.29) is 0 Å². The van der Waals surface area contributed by atoms with E-state index in [2.05, 4.69) is 42.6 Å². The summed E-state index contributed by atoms with van der Waals surface area (Å²) in [4.78, 5) is 0. The van der Waals surface area contributed by atoms with E-state index in [1.54, 1.807) is 0 Å². The van der Waals surface area contributed by atoms with E-state index in [1.165, 1.54) is 5.56 Å². The van der Waals surface area contributed by atoms with E-state index < -0.39 is 0 Å². The number of benzene rings is 1. The number of unbranched alkanes of at least 4 members (excludes halogenated alkanes) is 2. The van der Waals surface area contributed by atoms with E-state index in [1.807, 2.05) is 12.1 Å². The first-order chi connectivity index (χ1) is 9.79. The van der Waals surface area contributed by atoms with Crippen LogP contribution in [0.1, 0.15) is 30.6 Å². The van der Waals surface area contributed by atoms with Gasteiger partial charge in [0, 0.05) is 12.0 Å². The summed E-state index contributed by atoms with van der Waals surface area (Å²) >= 11 is 0. The fourth-order valence-electron chi connectivity index (χ4n) is 2.01. The van der Waals surface area contributed by atoms with Gasteiger partial charge in [0.2, 0.25) is 0 Å². The highest BCUT2D eigenvalue weighted by Gasteiger charge is 2.04. The van der Waals surface area contributed by atoms with Crippen LogP contribution in [-0.4, -0.2) is 6.54 Å². The lowest BCUT2D eigenvalue weighted by Gasteiger charge is -2.01. The van der Waals surface area contributed by atoms with Crippen LogP contribution in [0.25, 0.3) is 11.3 Å². The van der Waals surface area contributed by atoms with Crippen LogP contribution < -0.4 is 5.32 Å². The monoisotopic (exact) mass is 268 g/mol. The van der Waals surface area contributed by atoms with Gasteiger partial charge in [-0.05, 0) is 38.4 Å². The van der Waals surface area contributed by atoms with Crippen molar-refractivity contribution in [2.45, 2.75) is 32.7 Å². The second-order valence-corrected chi connectivity index (χ2v) is 4.92. The molecule has 1 aromatic heterocycles. The maximum Gasteiger partial charge on any atom is 0.134 e. The molecule has 0 bridgehead atoms. The minimum absolute atomic E-state index is 0.639. The van der Waals surface area contributed by atoms with Crippen LogP contribution in [0, 0.1) is 18.3 Å². The fraction of sp³-hybridized carbons (Fsp3) is 0.353. The Bertz CT molecular complexity index is 563. The predicted octanol–water partition coefficient (Wildman–Crippen LogP) is 4.04. The van der Waals surface area contributed by atoms with Gasteiger partial charge in [-0.3, -0.25) is 0 Å². The number of hydrogen-bond donors (Lipinski definition) is 1. The highest BCUT2D eigenvalue weighted by atomic mass is 16.3. The normalized spacial score (nSPS) is 10.4. The van der Waals surface area contributed by atoms with Gasteiger partial charge in [0.05, 0.1) is 12.6 Å². The average Bonchev–Trinajstić information content (AvgIpc) is 2.92. The Kier molecular flexibility index (Phi) is 5.40. The summed E-state index contributed by atoms with van der Waals surface area (Å²) in [5.41, 5.74) is 2.36. The maximum atomic E-state index is 8.44. The molecule has 20 heavy (non-hydrogen) atoms. The van der Waals surface area contributed by atoms with Crippen LogP contribution in [0.15, 0.2) is 40.8 Å². The Morgan fingerprint density at radius 3 is 2.65 bits per heavy atom. The van der Waals surface area contributed by atoms with Gasteiger partial charge in [0.15, 0.2) is 0 Å². The molecule has 0 unspecified atom stereocenters. The number of rotatable bonds is 7. The van der Waals surface area contributed by atoms with E-state index in [0.717, 1.165) is 43.0 Å². The molecule has 1 aromatic carbocycles. The smallest absolute Gasteiger partial charge is 0.134 e. The number of nitriles is 1. The number of nitrogens with one attached hydrogen (secondary N) is 1. The van der Waals surface area contributed by atoms with Crippen molar-refractivity contribution in [2.24, 2.45) is 0 Å². The van der Waals surface area contributed by atoms with Gasteiger partial charge in [-0.25, -0.2) is 0 Å². The topological polar surface area (TPSA) is 49.0 Å². The molecule has 0 saturated heterocycles. The molecule has 3 heteroatoms. The second kappa shape index (κ2) is 7.52. The van der Waals surface area contributed by atoms with Gasteiger partial charge in [0.1, 0.15) is 11.5 Å². The largest absolute Gasteiger partial charge is 0.460 e. The lowest BCUT2D eigenvalue weighted by Crippen LogP contribution is -2.13. The molecule has 104 valence electrons. The van der Waals surface area contributed by atoms with E-state index in [9.17, 15) is 0 Å². The average molecular weight is 268 g/mol. The molecule has 0 aliphatic heterocycles. The first-order valence-corrected chi connectivity index (χ1v) is 7.03. The van der Waals surface area contributed by atoms with E-state index in [4.69, 9.17) is 9.68 Å². The van der Waals surface area contributed by atoms with Crippen LogP contribution in [0.2, 0.25) is 0 Å². The summed E-state index contributed by atoms with van der Waals surface area (Å²) in [5.74, 6) is 1.85. The summed E-state index contributed by atoms with van der Waals surface area (Å²) in [6.45, 7) is 3.73. The zero-order chi connectivity index (χ0) is 14.2. The number of furan rings is 1. The highest BCUT2D eigenvalue weighted by molar-refractivity contribution is 5.57. The van der Waals surface area contributed by atoms with Crippen molar-refractivity contribution in [1.29, 1.82) is 5.26 Å². The van der Waals surface area contributed by atoms with Crippen LogP contribution in [0.4, 0.5) is 0 Å². The molecule has 1 heterocycles. The molecular weight excluding hydrogens is 248 g/mol. The lowest BCUT2D eigenvalue weighted by atomic mass is 10.1. The summed E-state index contributed by atoms with van der Waals surface area (Å²) in [6.07, 6.45) is 2.62. The molecule has 0 saturated carbocycles. The zero-order valence-corrected chi connectivity index (χ0v) is 11.9. The highest BCUT2D eigenvalue weighted by Crippen LogP contribution is 2.22. The van der Waals surface area contributed by atoms with Crippen molar-refractivity contribution >= 4 is 0 Å². The van der Waals surface area contributed by atoms with Gasteiger partial charge in [-0.15, -0.1) is 0 Å². The van der Waals surface area contributed by atoms with Crippen molar-refractivity contribution in [3.63, 3.8) is 0 Å². The third-order valence-electron chi connectivity index (χ3n) is 3.19. The Balaban J connectivity index is 1.80. The number of hydrogen-bond acceptors (Lipinski definition) is 3. The molecule has 3 nitrogen and oxygen atoms in total. The van der Waals surface area contributed by atoms with Crippen LogP contribution >= 0.6 is 0 Å². The molecule has 0 spiro atoms. The van der Waals surface area contributed by atoms with Crippen LogP contribution in [-0.2, 0) is 6.54 Å². The second-order valence-electron chi connectivity index (χ2n) is 4.92. The molecule has 1 N–H and O–H groups in total. The molecule has 0 radical (unpaired) electrons. The SMILES string of the molecule is Cc1ccc(-c2ccc(CNCCCCC#N)o2)cc1. The Morgan fingerprint density at radius 2 is 1.90 bits per heavy atom. The molecule has 0 atom stereocenters. The molecule has 2 rings (SSSR count). The molecule has 2 aromatic rings. The van der Waals surface area contributed by atoms with Gasteiger partial charge in [0.25, 0.3) is 0 Å². The van der Waals surface area contributed by atoms with Crippen molar-refractivity contribution in [3.05, 3.63) is 47.7 Å². The van der Waals surface area contributed by atoms with Gasteiger partial charge in [-0.1, -0.05) is 29.8 Å². The third kappa shape index (κ3) is 4.25. The first-order valence-electron chi connectivity index (χ1n) is 7.03. The maximum absolute atomic E-state index is 8.44. The number of nitrogens with zero attached hydrogens (tertiary/aromatic N) is 1. The quantitative estimate of drug-likeness (QED) is 0.771. The minimum atomic E-state index is 0.639. The minimum Gasteiger partial charge on any atom is -0.460 e. The summed E-state index contributed by atoms with van der Waals surface area (Å²) in [5, 5.41) is 11.8. The molecule has 0 amide bonds. The third-order valence-corrected chi connectivity index (χ3v) is 3.19. The standard InChI is InChI=1S/C17H20N2O/c1-14-5-7-15(8-6-14)17-10-9-16(20-17)13-19-12-4-2-3-11-18/h5-10,19H,2-4,12-13H2,1H3. The van der Waals surface area contributed by atoms with Crippen molar-refractivity contribution in [2.75, 3.05) is 6.54 Å². The van der Waals surface area contributed by atoms with Crippen molar-refractivity contribution in [1.82, 2.24) is 5.32 Å². The first kappa shape index (κ1) is 14.4. The van der Waals surface area contributed by atoms with Crippen LogP contribution in [0.5, 0.6) is 0 Å². The van der Waals surface area contributed by atoms with Crippen molar-refractivity contribution in [3.8, 4) is 17.4 Å². The Labute approximate surface area is 120 Å². The lowest BCUT2D eigenvalue weighted by molar-refractivity contribution is 0.489. The summed E-state index contributed by atoms with van der Waals surface area (Å²) in [6, 6.07) is 14.5. The van der Waals surface area contributed by atoms with Gasteiger partial charge >= 0.3 is 0 Å². The van der Waals surface area contributed by atoms with Gasteiger partial charge in [-0.2, -0.15) is 5.26 Å². The van der Waals surface area contributed by atoms with Gasteiger partial charge < -0.3 is 9.73 Å². The number of aryl methyl sites for hydroxylation is 1. The molecular formula is C17H20N2O. The van der Waals surface area contributed by atoms with E-state index in [0.29, 0.717) is 6.42 Å². The molecule has 0 aliphatic rings. The van der Waals surface area contributed by atoms with E-state index >= 15 is 0 Å².